The van der Waals surface area contributed by atoms with E-state index in [-0.39, 0.29) is 17.9 Å². The first-order valence-corrected chi connectivity index (χ1v) is 9.87. The Morgan fingerprint density at radius 2 is 1.96 bits per heavy atom. The molecule has 0 aromatic heterocycles. The van der Waals surface area contributed by atoms with Gasteiger partial charge in [-0.3, -0.25) is 9.69 Å². The van der Waals surface area contributed by atoms with Crippen LogP contribution in [0.4, 0.5) is 0 Å². The number of amides is 1. The zero-order valence-electron chi connectivity index (χ0n) is 15.7. The number of piperidine rings is 1. The zero-order chi connectivity index (χ0) is 17.8. The van der Waals surface area contributed by atoms with E-state index in [4.69, 9.17) is 5.73 Å². The molecule has 1 saturated carbocycles. The van der Waals surface area contributed by atoms with E-state index in [0.29, 0.717) is 12.0 Å². The summed E-state index contributed by atoms with van der Waals surface area (Å²) >= 11 is 0. The zero-order valence-corrected chi connectivity index (χ0v) is 15.7. The number of carbonyl (C=O) groups excluding carboxylic acids is 1. The number of nitrogens with zero attached hydrogens (tertiary/aromatic N) is 2. The highest BCUT2D eigenvalue weighted by atomic mass is 16.2. The molecule has 1 aliphatic heterocycles. The van der Waals surface area contributed by atoms with E-state index >= 15 is 0 Å². The van der Waals surface area contributed by atoms with Gasteiger partial charge in [0.2, 0.25) is 5.91 Å². The van der Waals surface area contributed by atoms with Crippen LogP contribution in [0.25, 0.3) is 0 Å². The first-order chi connectivity index (χ1) is 12.0. The van der Waals surface area contributed by atoms with Crippen LogP contribution in [-0.2, 0) is 11.3 Å². The average molecular weight is 344 g/mol. The van der Waals surface area contributed by atoms with Crippen molar-refractivity contribution in [3.05, 3.63) is 35.9 Å². The van der Waals surface area contributed by atoms with E-state index in [2.05, 4.69) is 40.1 Å². The average Bonchev–Trinajstić information content (AvgIpc) is 3.44. The Morgan fingerprint density at radius 3 is 2.60 bits per heavy atom. The molecule has 1 heterocycles. The van der Waals surface area contributed by atoms with Crippen LogP contribution in [0.3, 0.4) is 0 Å². The van der Waals surface area contributed by atoms with Gasteiger partial charge in [-0.1, -0.05) is 44.2 Å². The Morgan fingerprint density at radius 1 is 1.24 bits per heavy atom. The van der Waals surface area contributed by atoms with Crippen molar-refractivity contribution in [3.63, 3.8) is 0 Å². The number of hydrogen-bond acceptors (Lipinski definition) is 3. The molecule has 4 heteroatoms. The Labute approximate surface area is 152 Å². The van der Waals surface area contributed by atoms with Crippen LogP contribution in [0.1, 0.15) is 45.1 Å². The van der Waals surface area contributed by atoms with Gasteiger partial charge in [0.25, 0.3) is 0 Å². The van der Waals surface area contributed by atoms with Crippen molar-refractivity contribution in [2.45, 2.75) is 58.2 Å². The van der Waals surface area contributed by atoms with Crippen molar-refractivity contribution >= 4 is 5.91 Å². The number of rotatable bonds is 7. The fourth-order valence-corrected chi connectivity index (χ4v) is 3.85. The number of hydrogen-bond donors (Lipinski definition) is 1. The van der Waals surface area contributed by atoms with Crippen LogP contribution >= 0.6 is 0 Å². The summed E-state index contributed by atoms with van der Waals surface area (Å²) in [6.07, 6.45) is 4.74. The topological polar surface area (TPSA) is 49.6 Å². The van der Waals surface area contributed by atoms with Crippen molar-refractivity contribution in [2.24, 2.45) is 17.6 Å². The van der Waals surface area contributed by atoms with Crippen LogP contribution in [0.15, 0.2) is 30.3 Å². The monoisotopic (exact) mass is 343 g/mol. The molecular weight excluding hydrogens is 310 g/mol. The molecule has 1 amide bonds. The third-order valence-electron chi connectivity index (χ3n) is 5.58. The van der Waals surface area contributed by atoms with E-state index in [1.807, 2.05) is 13.8 Å². The van der Waals surface area contributed by atoms with Gasteiger partial charge in [-0.2, -0.15) is 0 Å². The molecule has 0 unspecified atom stereocenters. The maximum Gasteiger partial charge on any atom is 0.240 e. The lowest BCUT2D eigenvalue weighted by Crippen LogP contribution is -2.50. The molecule has 1 aromatic carbocycles. The molecule has 2 fully saturated rings. The standard InChI is InChI=1S/C21H33N3O/c1-16(2)20(22)21(25)24(19-10-11-19)15-18-9-6-12-23(14-18)13-17-7-4-3-5-8-17/h3-5,7-8,16,18-20H,6,9-15,22H2,1-2H3/t18-,20+/m1/s1. The summed E-state index contributed by atoms with van der Waals surface area (Å²) in [4.78, 5) is 17.5. The lowest BCUT2D eigenvalue weighted by molar-refractivity contribution is -0.135. The van der Waals surface area contributed by atoms with E-state index in [1.165, 1.54) is 18.4 Å². The second-order valence-electron chi connectivity index (χ2n) is 8.22. The maximum atomic E-state index is 12.8. The summed E-state index contributed by atoms with van der Waals surface area (Å²) < 4.78 is 0. The molecular formula is C21H33N3O. The summed E-state index contributed by atoms with van der Waals surface area (Å²) in [5.74, 6) is 0.939. The Kier molecular flexibility index (Phi) is 6.13. The third-order valence-corrected chi connectivity index (χ3v) is 5.58. The van der Waals surface area contributed by atoms with E-state index < -0.39 is 0 Å². The summed E-state index contributed by atoms with van der Waals surface area (Å²) in [6, 6.07) is 10.8. The van der Waals surface area contributed by atoms with Crippen LogP contribution in [0, 0.1) is 11.8 Å². The van der Waals surface area contributed by atoms with Gasteiger partial charge < -0.3 is 10.6 Å². The fourth-order valence-electron chi connectivity index (χ4n) is 3.85. The number of nitrogens with two attached hydrogens (primary N) is 1. The number of likely N-dealkylation sites (tertiary alicyclic amines) is 1. The van der Waals surface area contributed by atoms with Gasteiger partial charge in [-0.25, -0.2) is 0 Å². The molecule has 2 aliphatic rings. The Hall–Kier alpha value is -1.39. The molecule has 25 heavy (non-hydrogen) atoms. The first kappa shape index (κ1) is 18.4. The van der Waals surface area contributed by atoms with E-state index in [1.54, 1.807) is 0 Å². The number of carbonyl (C=O) groups is 1. The summed E-state index contributed by atoms with van der Waals surface area (Å²) in [5, 5.41) is 0. The quantitative estimate of drug-likeness (QED) is 0.828. The molecule has 0 radical (unpaired) electrons. The van der Waals surface area contributed by atoms with Crippen LogP contribution in [-0.4, -0.2) is 47.4 Å². The van der Waals surface area contributed by atoms with Crippen molar-refractivity contribution in [1.29, 1.82) is 0 Å². The van der Waals surface area contributed by atoms with Gasteiger partial charge in [0, 0.05) is 25.7 Å². The van der Waals surface area contributed by atoms with Crippen molar-refractivity contribution < 1.29 is 4.79 Å². The SMILES string of the molecule is CC(C)[C@H](N)C(=O)N(C[C@@H]1CCCN(Cc2ccccc2)C1)C1CC1. The summed E-state index contributed by atoms with van der Waals surface area (Å²) in [5.41, 5.74) is 7.53. The highest BCUT2D eigenvalue weighted by Gasteiger charge is 2.37. The van der Waals surface area contributed by atoms with Crippen molar-refractivity contribution in [3.8, 4) is 0 Å². The second-order valence-corrected chi connectivity index (χ2v) is 8.22. The highest BCUT2D eigenvalue weighted by molar-refractivity contribution is 5.82. The van der Waals surface area contributed by atoms with E-state index in [9.17, 15) is 4.79 Å². The highest BCUT2D eigenvalue weighted by Crippen LogP contribution is 2.30. The molecule has 0 bridgehead atoms. The van der Waals surface area contributed by atoms with Gasteiger partial charge in [0.1, 0.15) is 0 Å². The van der Waals surface area contributed by atoms with Gasteiger partial charge >= 0.3 is 0 Å². The predicted octanol–water partition coefficient (Wildman–Crippen LogP) is 2.87. The van der Waals surface area contributed by atoms with Crippen LogP contribution in [0.2, 0.25) is 0 Å². The molecule has 2 N–H and O–H groups in total. The molecule has 4 nitrogen and oxygen atoms in total. The Balaban J connectivity index is 1.57. The second kappa shape index (κ2) is 8.33. The minimum Gasteiger partial charge on any atom is -0.338 e. The minimum absolute atomic E-state index is 0.165. The normalized spacial score (nSPS) is 22.8. The van der Waals surface area contributed by atoms with Crippen LogP contribution in [0.5, 0.6) is 0 Å². The van der Waals surface area contributed by atoms with Crippen molar-refractivity contribution in [1.82, 2.24) is 9.80 Å². The number of benzene rings is 1. The largest absolute Gasteiger partial charge is 0.338 e. The van der Waals surface area contributed by atoms with E-state index in [0.717, 1.165) is 39.0 Å². The first-order valence-electron chi connectivity index (χ1n) is 9.87. The maximum absolute atomic E-state index is 12.8. The molecule has 0 spiro atoms. The van der Waals surface area contributed by atoms with Crippen LogP contribution < -0.4 is 5.73 Å². The lowest BCUT2D eigenvalue weighted by atomic mass is 9.95. The predicted molar refractivity (Wildman–Crippen MR) is 102 cm³/mol. The smallest absolute Gasteiger partial charge is 0.240 e. The van der Waals surface area contributed by atoms with Gasteiger partial charge in [-0.15, -0.1) is 0 Å². The van der Waals surface area contributed by atoms with Gasteiger partial charge in [-0.05, 0) is 49.6 Å². The molecule has 1 saturated heterocycles. The van der Waals surface area contributed by atoms with Gasteiger partial charge in [0.05, 0.1) is 6.04 Å². The summed E-state index contributed by atoms with van der Waals surface area (Å²) in [6.45, 7) is 8.22. The minimum atomic E-state index is -0.357. The lowest BCUT2D eigenvalue weighted by Gasteiger charge is -2.37. The molecule has 1 aliphatic carbocycles. The third kappa shape index (κ3) is 5.05. The fraction of sp³-hybridized carbons (Fsp3) is 0.667. The molecule has 3 rings (SSSR count). The van der Waals surface area contributed by atoms with Gasteiger partial charge in [0.15, 0.2) is 0 Å². The molecule has 138 valence electrons. The molecule has 1 aromatic rings. The van der Waals surface area contributed by atoms with Crippen molar-refractivity contribution in [2.75, 3.05) is 19.6 Å². The Bertz CT molecular complexity index is 556. The summed E-state index contributed by atoms with van der Waals surface area (Å²) in [7, 11) is 0. The molecule has 2 atom stereocenters.